The van der Waals surface area contributed by atoms with Crippen molar-refractivity contribution in [2.75, 3.05) is 19.0 Å². The van der Waals surface area contributed by atoms with Crippen LogP contribution in [0.4, 0.5) is 0 Å². The normalized spacial score (nSPS) is 15.9. The average molecular weight is 307 g/mol. The van der Waals surface area contributed by atoms with Crippen molar-refractivity contribution in [3.05, 3.63) is 18.2 Å². The second-order valence-electron chi connectivity index (χ2n) is 5.81. The van der Waals surface area contributed by atoms with Gasteiger partial charge < -0.3 is 9.47 Å². The third-order valence-corrected chi connectivity index (χ3v) is 4.86. The Kier molecular flexibility index (Phi) is 5.24. The molecule has 0 radical (unpaired) electrons. The molecule has 1 atom stereocenters. The second-order valence-corrected chi connectivity index (χ2v) is 7.38. The molecule has 1 aliphatic heterocycles. The highest BCUT2D eigenvalue weighted by atomic mass is 32.2. The van der Waals surface area contributed by atoms with E-state index in [2.05, 4.69) is 6.07 Å². The standard InChI is InChI=1S/C16H21NO3S/c1-16(2,12-17)7-3-10-21(18)13-5-6-14-15(11-13)20-9-4-8-19-14/h5-6,11H,3-4,7-10H2,1-2H3/t21-/m0/s1. The number of rotatable bonds is 5. The van der Waals surface area contributed by atoms with Gasteiger partial charge in [0.2, 0.25) is 0 Å². The lowest BCUT2D eigenvalue weighted by molar-refractivity contribution is 0.297. The summed E-state index contributed by atoms with van der Waals surface area (Å²) in [7, 11) is -1.07. The molecule has 0 saturated heterocycles. The fraction of sp³-hybridized carbons (Fsp3) is 0.562. The summed E-state index contributed by atoms with van der Waals surface area (Å²) in [4.78, 5) is 0.758. The zero-order valence-corrected chi connectivity index (χ0v) is 13.4. The summed E-state index contributed by atoms with van der Waals surface area (Å²) in [5.74, 6) is 1.96. The first kappa shape index (κ1) is 15.8. The fourth-order valence-electron chi connectivity index (χ4n) is 2.10. The molecule has 0 bridgehead atoms. The van der Waals surface area contributed by atoms with E-state index >= 15 is 0 Å². The van der Waals surface area contributed by atoms with Gasteiger partial charge in [0.25, 0.3) is 0 Å². The largest absolute Gasteiger partial charge is 0.490 e. The van der Waals surface area contributed by atoms with Gasteiger partial charge in [-0.3, -0.25) is 4.21 Å². The summed E-state index contributed by atoms with van der Waals surface area (Å²) in [5.41, 5.74) is -0.352. The summed E-state index contributed by atoms with van der Waals surface area (Å²) in [6, 6.07) is 7.74. The lowest BCUT2D eigenvalue weighted by atomic mass is 9.90. The van der Waals surface area contributed by atoms with Gasteiger partial charge in [0.05, 0.1) is 35.5 Å². The molecule has 1 heterocycles. The Labute approximate surface area is 128 Å². The highest BCUT2D eigenvalue weighted by Crippen LogP contribution is 2.31. The Morgan fingerprint density at radius 1 is 1.29 bits per heavy atom. The minimum absolute atomic E-state index is 0.352. The maximum atomic E-state index is 12.3. The Hall–Kier alpha value is -1.54. The molecule has 4 nitrogen and oxygen atoms in total. The molecule has 0 unspecified atom stereocenters. The molecule has 1 aromatic rings. The van der Waals surface area contributed by atoms with Gasteiger partial charge in [-0.25, -0.2) is 0 Å². The van der Waals surface area contributed by atoms with Crippen molar-refractivity contribution in [1.29, 1.82) is 5.26 Å². The van der Waals surface area contributed by atoms with E-state index in [0.717, 1.165) is 29.9 Å². The third-order valence-electron chi connectivity index (χ3n) is 3.42. The molecule has 0 fully saturated rings. The highest BCUT2D eigenvalue weighted by Gasteiger charge is 2.17. The molecule has 0 spiro atoms. The van der Waals surface area contributed by atoms with Crippen LogP contribution in [0.2, 0.25) is 0 Å². The van der Waals surface area contributed by atoms with Gasteiger partial charge in [0, 0.05) is 23.1 Å². The minimum atomic E-state index is -1.07. The van der Waals surface area contributed by atoms with E-state index < -0.39 is 10.8 Å². The molecule has 0 amide bonds. The molecule has 1 aliphatic rings. The molecule has 0 saturated carbocycles. The number of nitrogens with zero attached hydrogens (tertiary/aromatic N) is 1. The van der Waals surface area contributed by atoms with Crippen LogP contribution in [0.25, 0.3) is 0 Å². The average Bonchev–Trinajstić information content (AvgIpc) is 2.71. The second kappa shape index (κ2) is 6.95. The molecular weight excluding hydrogens is 286 g/mol. The van der Waals surface area contributed by atoms with Crippen molar-refractivity contribution >= 4 is 10.8 Å². The van der Waals surface area contributed by atoms with Gasteiger partial charge in [-0.2, -0.15) is 5.26 Å². The van der Waals surface area contributed by atoms with Crippen molar-refractivity contribution in [2.45, 2.75) is 38.0 Å². The van der Waals surface area contributed by atoms with E-state index in [1.807, 2.05) is 32.0 Å². The van der Waals surface area contributed by atoms with Crippen molar-refractivity contribution in [3.8, 4) is 17.6 Å². The van der Waals surface area contributed by atoms with Crippen LogP contribution in [0.5, 0.6) is 11.5 Å². The molecule has 0 N–H and O–H groups in total. The van der Waals surface area contributed by atoms with Gasteiger partial charge in [-0.05, 0) is 38.8 Å². The van der Waals surface area contributed by atoms with E-state index in [0.29, 0.717) is 24.7 Å². The lowest BCUT2D eigenvalue weighted by Crippen LogP contribution is -2.10. The van der Waals surface area contributed by atoms with E-state index in [1.54, 1.807) is 0 Å². The zero-order chi connectivity index (χ0) is 15.3. The van der Waals surface area contributed by atoms with E-state index in [9.17, 15) is 4.21 Å². The topological polar surface area (TPSA) is 59.3 Å². The molecular formula is C16H21NO3S. The third kappa shape index (κ3) is 4.47. The predicted molar refractivity (Wildman–Crippen MR) is 82.0 cm³/mol. The van der Waals surface area contributed by atoms with Crippen LogP contribution in [0, 0.1) is 16.7 Å². The smallest absolute Gasteiger partial charge is 0.162 e. The van der Waals surface area contributed by atoms with Gasteiger partial charge in [0.15, 0.2) is 11.5 Å². The van der Waals surface area contributed by atoms with Gasteiger partial charge >= 0.3 is 0 Å². The van der Waals surface area contributed by atoms with Gasteiger partial charge in [0.1, 0.15) is 0 Å². The Balaban J connectivity index is 1.97. The molecule has 21 heavy (non-hydrogen) atoms. The summed E-state index contributed by atoms with van der Waals surface area (Å²) < 4.78 is 23.5. The number of ether oxygens (including phenoxy) is 2. The van der Waals surface area contributed by atoms with Gasteiger partial charge in [-0.1, -0.05) is 0 Å². The fourth-order valence-corrected chi connectivity index (χ4v) is 3.20. The van der Waals surface area contributed by atoms with E-state index in [-0.39, 0.29) is 5.41 Å². The van der Waals surface area contributed by atoms with Gasteiger partial charge in [-0.15, -0.1) is 0 Å². The minimum Gasteiger partial charge on any atom is -0.490 e. The molecule has 5 heteroatoms. The number of hydrogen-bond donors (Lipinski definition) is 0. The molecule has 2 rings (SSSR count). The summed E-state index contributed by atoms with van der Waals surface area (Å²) in [6.07, 6.45) is 2.37. The van der Waals surface area contributed by atoms with Crippen LogP contribution in [-0.4, -0.2) is 23.2 Å². The maximum Gasteiger partial charge on any atom is 0.162 e. The highest BCUT2D eigenvalue weighted by molar-refractivity contribution is 7.85. The summed E-state index contributed by atoms with van der Waals surface area (Å²) in [5, 5.41) is 8.98. The van der Waals surface area contributed by atoms with Crippen LogP contribution >= 0.6 is 0 Å². The van der Waals surface area contributed by atoms with Crippen LogP contribution in [0.15, 0.2) is 23.1 Å². The first-order chi connectivity index (χ1) is 10.0. The van der Waals surface area contributed by atoms with Crippen LogP contribution in [0.3, 0.4) is 0 Å². The van der Waals surface area contributed by atoms with Crippen molar-refractivity contribution < 1.29 is 13.7 Å². The van der Waals surface area contributed by atoms with Crippen molar-refractivity contribution in [1.82, 2.24) is 0 Å². The Morgan fingerprint density at radius 2 is 2.00 bits per heavy atom. The molecule has 114 valence electrons. The van der Waals surface area contributed by atoms with E-state index in [1.165, 1.54) is 0 Å². The Morgan fingerprint density at radius 3 is 2.71 bits per heavy atom. The Bertz CT molecular complexity index is 563. The molecule has 1 aromatic carbocycles. The number of benzene rings is 1. The van der Waals surface area contributed by atoms with E-state index in [4.69, 9.17) is 14.7 Å². The first-order valence-electron chi connectivity index (χ1n) is 7.21. The zero-order valence-electron chi connectivity index (χ0n) is 12.6. The van der Waals surface area contributed by atoms with Crippen LogP contribution in [0.1, 0.15) is 33.1 Å². The van der Waals surface area contributed by atoms with Crippen LogP contribution in [-0.2, 0) is 10.8 Å². The monoisotopic (exact) mass is 307 g/mol. The van der Waals surface area contributed by atoms with Crippen molar-refractivity contribution in [3.63, 3.8) is 0 Å². The predicted octanol–water partition coefficient (Wildman–Crippen LogP) is 3.29. The quantitative estimate of drug-likeness (QED) is 0.837. The summed E-state index contributed by atoms with van der Waals surface area (Å²) >= 11 is 0. The SMILES string of the molecule is CC(C)(C#N)CCC[S@](=O)c1ccc2c(c1)OCCCO2. The lowest BCUT2D eigenvalue weighted by Gasteiger charge is -2.14. The molecule has 0 aromatic heterocycles. The van der Waals surface area contributed by atoms with Crippen LogP contribution < -0.4 is 9.47 Å². The maximum absolute atomic E-state index is 12.3. The summed E-state index contributed by atoms with van der Waals surface area (Å²) in [6.45, 7) is 5.09. The number of fused-ring (bicyclic) bond motifs is 1. The first-order valence-corrected chi connectivity index (χ1v) is 8.53. The number of nitriles is 1. The molecule has 0 aliphatic carbocycles. The van der Waals surface area contributed by atoms with Crippen molar-refractivity contribution in [2.24, 2.45) is 5.41 Å². The number of hydrogen-bond acceptors (Lipinski definition) is 4.